The maximum Gasteiger partial charge on any atom is 0.0731 e. The summed E-state index contributed by atoms with van der Waals surface area (Å²) in [6.45, 7) is 0. The summed E-state index contributed by atoms with van der Waals surface area (Å²) >= 11 is 0. The number of pyridine rings is 2. The molecular weight excluding hydrogens is 681 g/mol. The third-order valence-electron chi connectivity index (χ3n) is 11.0. The Kier molecular flexibility index (Phi) is 7.46. The van der Waals surface area contributed by atoms with Gasteiger partial charge in [-0.25, -0.2) is 4.98 Å². The average molecular weight is 715 g/mol. The van der Waals surface area contributed by atoms with E-state index in [4.69, 9.17) is 4.98 Å². The predicted octanol–water partition coefficient (Wildman–Crippen LogP) is 13.3. The molecule has 4 aromatic heterocycles. The van der Waals surface area contributed by atoms with Crippen LogP contribution in [0, 0.1) is 0 Å². The number of hydrogen-bond donors (Lipinski definition) is 0. The van der Waals surface area contributed by atoms with Crippen molar-refractivity contribution < 1.29 is 0 Å². The lowest BCUT2D eigenvalue weighted by Crippen LogP contribution is -1.98. The molecule has 0 fully saturated rings. The molecule has 262 valence electrons. The molecule has 0 spiro atoms. The Balaban J connectivity index is 1.10. The molecule has 56 heavy (non-hydrogen) atoms. The largest absolute Gasteiger partial charge is 0.309 e. The summed E-state index contributed by atoms with van der Waals surface area (Å²) in [5.74, 6) is 0. The van der Waals surface area contributed by atoms with Gasteiger partial charge < -0.3 is 9.13 Å². The Morgan fingerprint density at radius 1 is 0.286 bits per heavy atom. The third-order valence-corrected chi connectivity index (χ3v) is 11.0. The van der Waals surface area contributed by atoms with E-state index in [1.807, 2.05) is 30.6 Å². The van der Waals surface area contributed by atoms with Crippen molar-refractivity contribution in [2.45, 2.75) is 0 Å². The van der Waals surface area contributed by atoms with E-state index in [0.717, 1.165) is 50.5 Å². The monoisotopic (exact) mass is 714 g/mol. The van der Waals surface area contributed by atoms with Gasteiger partial charge in [-0.15, -0.1) is 0 Å². The second kappa shape index (κ2) is 13.1. The maximum absolute atomic E-state index is 5.16. The molecule has 0 atom stereocenters. The van der Waals surface area contributed by atoms with Crippen LogP contribution in [-0.2, 0) is 0 Å². The van der Waals surface area contributed by atoms with Crippen molar-refractivity contribution >= 4 is 43.6 Å². The highest BCUT2D eigenvalue weighted by Crippen LogP contribution is 2.39. The molecule has 0 aliphatic rings. The SMILES string of the molecule is c1ccc(-c2cccc(-n3c4ccccc4c4cc(-c5ccc6c7ccccc7n(-c7cc(-c8ccccc8)nc(-c8ccncc8)c7)c6c5)ccc43)c2)cc1. The number of benzene rings is 7. The van der Waals surface area contributed by atoms with E-state index < -0.39 is 0 Å². The first-order valence-electron chi connectivity index (χ1n) is 19.0. The first kappa shape index (κ1) is 31.9. The number of fused-ring (bicyclic) bond motifs is 6. The van der Waals surface area contributed by atoms with E-state index in [2.05, 4.69) is 190 Å². The van der Waals surface area contributed by atoms with Crippen LogP contribution in [0.4, 0.5) is 0 Å². The molecule has 0 aliphatic heterocycles. The van der Waals surface area contributed by atoms with Gasteiger partial charge in [-0.3, -0.25) is 4.98 Å². The summed E-state index contributed by atoms with van der Waals surface area (Å²) in [6, 6.07) is 69.6. The first-order chi connectivity index (χ1) is 27.8. The lowest BCUT2D eigenvalue weighted by atomic mass is 10.0. The summed E-state index contributed by atoms with van der Waals surface area (Å²) in [4.78, 5) is 9.44. The molecular formula is C52H34N4. The molecule has 0 saturated carbocycles. The normalized spacial score (nSPS) is 11.6. The van der Waals surface area contributed by atoms with Crippen molar-refractivity contribution in [1.29, 1.82) is 0 Å². The first-order valence-corrected chi connectivity index (χ1v) is 19.0. The highest BCUT2D eigenvalue weighted by Gasteiger charge is 2.18. The molecule has 0 radical (unpaired) electrons. The Morgan fingerprint density at radius 2 is 0.804 bits per heavy atom. The minimum atomic E-state index is 0.905. The standard InChI is InChI=1S/C52H34N4/c1-3-12-35(13-4-1)38-16-11-17-41(30-38)55-50-21-10-8-19-44(50)46-31-39(23-25-51(46)55)40-22-24-45-43-18-7-9-20-49(43)56(52(45)32-40)42-33-47(36-14-5-2-6-15-36)54-48(34-42)37-26-28-53-29-27-37/h1-34H. The number of rotatable bonds is 6. The fourth-order valence-corrected chi connectivity index (χ4v) is 8.39. The number of para-hydroxylation sites is 2. The number of aromatic nitrogens is 4. The molecule has 4 nitrogen and oxygen atoms in total. The van der Waals surface area contributed by atoms with Crippen LogP contribution in [-0.4, -0.2) is 19.1 Å². The Bertz CT molecular complexity index is 3170. The van der Waals surface area contributed by atoms with E-state index in [1.54, 1.807) is 0 Å². The van der Waals surface area contributed by atoms with Crippen LogP contribution in [0.2, 0.25) is 0 Å². The van der Waals surface area contributed by atoms with Gasteiger partial charge in [0.15, 0.2) is 0 Å². The zero-order chi connectivity index (χ0) is 37.0. The van der Waals surface area contributed by atoms with Gasteiger partial charge in [0, 0.05) is 50.8 Å². The molecule has 0 bridgehead atoms. The van der Waals surface area contributed by atoms with Crippen molar-refractivity contribution in [2.24, 2.45) is 0 Å². The molecule has 0 unspecified atom stereocenters. The number of hydrogen-bond acceptors (Lipinski definition) is 2. The van der Waals surface area contributed by atoms with Gasteiger partial charge >= 0.3 is 0 Å². The zero-order valence-electron chi connectivity index (χ0n) is 30.4. The van der Waals surface area contributed by atoms with Gasteiger partial charge in [0.2, 0.25) is 0 Å². The van der Waals surface area contributed by atoms with Crippen molar-refractivity contribution in [3.05, 3.63) is 207 Å². The Hall–Kier alpha value is -7.56. The quantitative estimate of drug-likeness (QED) is 0.172. The summed E-state index contributed by atoms with van der Waals surface area (Å²) < 4.78 is 4.80. The van der Waals surface area contributed by atoms with Gasteiger partial charge in [-0.1, -0.05) is 127 Å². The molecule has 0 saturated heterocycles. The van der Waals surface area contributed by atoms with E-state index in [-0.39, 0.29) is 0 Å². The van der Waals surface area contributed by atoms with E-state index >= 15 is 0 Å². The Morgan fingerprint density at radius 3 is 1.54 bits per heavy atom. The van der Waals surface area contributed by atoms with Gasteiger partial charge in [0.1, 0.15) is 0 Å². The van der Waals surface area contributed by atoms with Crippen LogP contribution in [0.25, 0.3) is 99.8 Å². The topological polar surface area (TPSA) is 35.6 Å². The maximum atomic E-state index is 5.16. The summed E-state index contributed by atoms with van der Waals surface area (Å²) in [6.07, 6.45) is 3.66. The molecule has 4 heteroatoms. The third kappa shape index (κ3) is 5.31. The number of nitrogens with zero attached hydrogens (tertiary/aromatic N) is 4. The summed E-state index contributed by atoms with van der Waals surface area (Å²) in [5, 5.41) is 4.89. The highest BCUT2D eigenvalue weighted by molar-refractivity contribution is 6.12. The van der Waals surface area contributed by atoms with Gasteiger partial charge in [-0.05, 0) is 89.0 Å². The van der Waals surface area contributed by atoms with E-state index in [9.17, 15) is 0 Å². The average Bonchev–Trinajstić information content (AvgIpc) is 3.79. The van der Waals surface area contributed by atoms with Crippen molar-refractivity contribution in [2.75, 3.05) is 0 Å². The van der Waals surface area contributed by atoms with Gasteiger partial charge in [0.05, 0.1) is 39.1 Å². The van der Waals surface area contributed by atoms with Crippen molar-refractivity contribution in [3.8, 4) is 56.1 Å². The second-order valence-corrected chi connectivity index (χ2v) is 14.3. The van der Waals surface area contributed by atoms with Gasteiger partial charge in [-0.2, -0.15) is 0 Å². The van der Waals surface area contributed by atoms with Crippen molar-refractivity contribution in [3.63, 3.8) is 0 Å². The van der Waals surface area contributed by atoms with Crippen LogP contribution in [0.15, 0.2) is 207 Å². The molecule has 0 amide bonds. The molecule has 11 rings (SSSR count). The molecule has 11 aromatic rings. The van der Waals surface area contributed by atoms with Crippen LogP contribution in [0.5, 0.6) is 0 Å². The fourth-order valence-electron chi connectivity index (χ4n) is 8.39. The van der Waals surface area contributed by atoms with Crippen LogP contribution < -0.4 is 0 Å². The lowest BCUT2D eigenvalue weighted by molar-refractivity contribution is 1.16. The van der Waals surface area contributed by atoms with Crippen molar-refractivity contribution in [1.82, 2.24) is 19.1 Å². The zero-order valence-corrected chi connectivity index (χ0v) is 30.4. The fraction of sp³-hybridized carbons (Fsp3) is 0. The minimum Gasteiger partial charge on any atom is -0.309 e. The van der Waals surface area contributed by atoms with Gasteiger partial charge in [0.25, 0.3) is 0 Å². The van der Waals surface area contributed by atoms with Crippen LogP contribution >= 0.6 is 0 Å². The Labute approximate surface area is 324 Å². The van der Waals surface area contributed by atoms with Crippen LogP contribution in [0.3, 0.4) is 0 Å². The smallest absolute Gasteiger partial charge is 0.0731 e. The molecule has 7 aromatic carbocycles. The predicted molar refractivity (Wildman–Crippen MR) is 232 cm³/mol. The minimum absolute atomic E-state index is 0.905. The summed E-state index contributed by atoms with van der Waals surface area (Å²) in [7, 11) is 0. The lowest BCUT2D eigenvalue weighted by Gasteiger charge is -2.14. The summed E-state index contributed by atoms with van der Waals surface area (Å²) in [5.41, 5.74) is 15.6. The molecule has 0 aliphatic carbocycles. The molecule has 4 heterocycles. The van der Waals surface area contributed by atoms with E-state index in [1.165, 1.54) is 49.3 Å². The molecule has 0 N–H and O–H groups in total. The van der Waals surface area contributed by atoms with E-state index in [0.29, 0.717) is 0 Å². The van der Waals surface area contributed by atoms with Crippen LogP contribution in [0.1, 0.15) is 0 Å². The second-order valence-electron chi connectivity index (χ2n) is 14.3. The highest BCUT2D eigenvalue weighted by atomic mass is 15.0.